The first-order valence-corrected chi connectivity index (χ1v) is 9.61. The Kier molecular flexibility index (Phi) is 4.49. The standard InChI is InChI=1S/C16H13BrFN3O4S/c1-7-3-9(4-8(2)14(7)17)21-26(24,25)13-6-12-11(5-10(13)18)19-15(22)16(23)20-12/h3-6,21H,1-2H3,(H,19,22)(H,20,23). The molecule has 2 aromatic carbocycles. The first kappa shape index (κ1) is 18.3. The zero-order chi connectivity index (χ0) is 19.2. The SMILES string of the molecule is Cc1cc(NS(=O)(=O)c2cc3[nH]c(=O)c(=O)[nH]c3cc2F)cc(C)c1Br. The molecule has 0 aliphatic rings. The van der Waals surface area contributed by atoms with E-state index >= 15 is 0 Å². The highest BCUT2D eigenvalue weighted by Crippen LogP contribution is 2.27. The third kappa shape index (κ3) is 3.29. The summed E-state index contributed by atoms with van der Waals surface area (Å²) in [5, 5.41) is 0. The van der Waals surface area contributed by atoms with Crippen molar-refractivity contribution in [2.24, 2.45) is 0 Å². The fourth-order valence-electron chi connectivity index (χ4n) is 2.54. The zero-order valence-electron chi connectivity index (χ0n) is 13.6. The molecular formula is C16H13BrFN3O4S. The lowest BCUT2D eigenvalue weighted by atomic mass is 10.1. The van der Waals surface area contributed by atoms with E-state index in [9.17, 15) is 22.4 Å². The Balaban J connectivity index is 2.12. The van der Waals surface area contributed by atoms with Gasteiger partial charge in [-0.15, -0.1) is 0 Å². The summed E-state index contributed by atoms with van der Waals surface area (Å²) in [7, 11) is -4.26. The van der Waals surface area contributed by atoms with E-state index in [1.807, 2.05) is 0 Å². The van der Waals surface area contributed by atoms with Crippen LogP contribution < -0.4 is 15.8 Å². The van der Waals surface area contributed by atoms with Gasteiger partial charge in [0.25, 0.3) is 10.0 Å². The van der Waals surface area contributed by atoms with Gasteiger partial charge in [0, 0.05) is 16.2 Å². The summed E-state index contributed by atoms with van der Waals surface area (Å²) >= 11 is 3.39. The molecular weight excluding hydrogens is 429 g/mol. The van der Waals surface area contributed by atoms with Crippen LogP contribution in [0.4, 0.5) is 10.1 Å². The molecule has 1 heterocycles. The molecule has 0 fully saturated rings. The number of fused-ring (bicyclic) bond motifs is 1. The summed E-state index contributed by atoms with van der Waals surface area (Å²) in [6, 6.07) is 5.02. The van der Waals surface area contributed by atoms with E-state index in [0.717, 1.165) is 27.7 Å². The van der Waals surface area contributed by atoms with Crippen molar-refractivity contribution < 1.29 is 12.8 Å². The second-order valence-electron chi connectivity index (χ2n) is 5.77. The Bertz CT molecular complexity index is 1240. The maximum absolute atomic E-state index is 14.3. The van der Waals surface area contributed by atoms with Crippen LogP contribution in [0.2, 0.25) is 0 Å². The monoisotopic (exact) mass is 441 g/mol. The van der Waals surface area contributed by atoms with Crippen LogP contribution in [0.1, 0.15) is 11.1 Å². The predicted octanol–water partition coefficient (Wildman–Crippen LogP) is 2.54. The molecule has 10 heteroatoms. The highest BCUT2D eigenvalue weighted by molar-refractivity contribution is 9.10. The van der Waals surface area contributed by atoms with Gasteiger partial charge in [0.15, 0.2) is 0 Å². The minimum atomic E-state index is -4.26. The van der Waals surface area contributed by atoms with Gasteiger partial charge in [-0.2, -0.15) is 0 Å². The third-order valence-electron chi connectivity index (χ3n) is 3.75. The second-order valence-corrected chi connectivity index (χ2v) is 8.21. The average molecular weight is 442 g/mol. The molecule has 26 heavy (non-hydrogen) atoms. The number of sulfonamides is 1. The zero-order valence-corrected chi connectivity index (χ0v) is 16.0. The topological polar surface area (TPSA) is 112 Å². The lowest BCUT2D eigenvalue weighted by Crippen LogP contribution is -2.29. The number of nitrogens with one attached hydrogen (secondary N) is 3. The van der Waals surface area contributed by atoms with Crippen LogP contribution in [0.25, 0.3) is 11.0 Å². The number of hydrogen-bond donors (Lipinski definition) is 3. The van der Waals surface area contributed by atoms with E-state index in [2.05, 4.69) is 30.6 Å². The van der Waals surface area contributed by atoms with E-state index in [0.29, 0.717) is 0 Å². The summed E-state index contributed by atoms with van der Waals surface area (Å²) in [6.45, 7) is 3.60. The first-order valence-electron chi connectivity index (χ1n) is 7.34. The van der Waals surface area contributed by atoms with Gasteiger partial charge in [0.1, 0.15) is 10.7 Å². The second kappa shape index (κ2) is 6.36. The van der Waals surface area contributed by atoms with E-state index in [1.165, 1.54) is 0 Å². The Labute approximate surface area is 155 Å². The van der Waals surface area contributed by atoms with Crippen LogP contribution in [0, 0.1) is 19.7 Å². The van der Waals surface area contributed by atoms with Crippen molar-refractivity contribution in [3.8, 4) is 0 Å². The fourth-order valence-corrected chi connectivity index (χ4v) is 3.89. The Hall–Kier alpha value is -2.46. The van der Waals surface area contributed by atoms with E-state index < -0.39 is 31.9 Å². The van der Waals surface area contributed by atoms with Gasteiger partial charge in [-0.05, 0) is 43.2 Å². The van der Waals surface area contributed by atoms with Gasteiger partial charge in [-0.1, -0.05) is 15.9 Å². The van der Waals surface area contributed by atoms with E-state index in [4.69, 9.17) is 0 Å². The van der Waals surface area contributed by atoms with Gasteiger partial charge < -0.3 is 9.97 Å². The van der Waals surface area contributed by atoms with Gasteiger partial charge in [-0.3, -0.25) is 14.3 Å². The number of hydrogen-bond acceptors (Lipinski definition) is 4. The lowest BCUT2D eigenvalue weighted by Gasteiger charge is -2.12. The summed E-state index contributed by atoms with van der Waals surface area (Å²) < 4.78 is 42.7. The highest BCUT2D eigenvalue weighted by atomic mass is 79.9. The van der Waals surface area contributed by atoms with E-state index in [1.54, 1.807) is 26.0 Å². The average Bonchev–Trinajstić information content (AvgIpc) is 2.53. The molecule has 3 rings (SSSR count). The molecule has 3 N–H and O–H groups in total. The van der Waals surface area contributed by atoms with Gasteiger partial charge in [0.2, 0.25) is 0 Å². The molecule has 136 valence electrons. The normalized spacial score (nSPS) is 11.7. The van der Waals surface area contributed by atoms with Crippen molar-refractivity contribution >= 4 is 42.7 Å². The largest absolute Gasteiger partial charge is 0.316 e. The number of halogens is 2. The van der Waals surface area contributed by atoms with Crippen LogP contribution >= 0.6 is 15.9 Å². The molecule has 3 aromatic rings. The minimum Gasteiger partial charge on any atom is -0.316 e. The molecule has 1 aromatic heterocycles. The van der Waals surface area contributed by atoms with Crippen LogP contribution in [0.3, 0.4) is 0 Å². The number of aromatic nitrogens is 2. The number of anilines is 1. The number of benzene rings is 2. The fraction of sp³-hybridized carbons (Fsp3) is 0.125. The quantitative estimate of drug-likeness (QED) is 0.542. The van der Waals surface area contributed by atoms with Crippen LogP contribution in [0.15, 0.2) is 43.2 Å². The summed E-state index contributed by atoms with van der Waals surface area (Å²) in [5.41, 5.74) is -0.0308. The first-order chi connectivity index (χ1) is 12.1. The molecule has 0 amide bonds. The summed E-state index contributed by atoms with van der Waals surface area (Å²) in [5.74, 6) is -1.06. The third-order valence-corrected chi connectivity index (χ3v) is 6.40. The van der Waals surface area contributed by atoms with Gasteiger partial charge in [0.05, 0.1) is 11.0 Å². The predicted molar refractivity (Wildman–Crippen MR) is 99.6 cm³/mol. The molecule has 0 radical (unpaired) electrons. The Morgan fingerprint density at radius 2 is 1.46 bits per heavy atom. The van der Waals surface area contributed by atoms with Crippen molar-refractivity contribution in [3.63, 3.8) is 0 Å². The lowest BCUT2D eigenvalue weighted by molar-refractivity contribution is 0.571. The van der Waals surface area contributed by atoms with Crippen LogP contribution in [-0.2, 0) is 10.0 Å². The maximum Gasteiger partial charge on any atom is 0.314 e. The molecule has 0 aliphatic carbocycles. The van der Waals surface area contributed by atoms with Crippen LogP contribution in [-0.4, -0.2) is 18.4 Å². The number of rotatable bonds is 3. The molecule has 0 unspecified atom stereocenters. The Morgan fingerprint density at radius 1 is 0.962 bits per heavy atom. The molecule has 0 aliphatic heterocycles. The van der Waals surface area contributed by atoms with Crippen molar-refractivity contribution in [2.75, 3.05) is 4.72 Å². The Morgan fingerprint density at radius 3 is 2.00 bits per heavy atom. The van der Waals surface area contributed by atoms with Gasteiger partial charge >= 0.3 is 11.1 Å². The number of aromatic amines is 2. The number of aryl methyl sites for hydroxylation is 2. The minimum absolute atomic E-state index is 0.000424. The summed E-state index contributed by atoms with van der Waals surface area (Å²) in [6.07, 6.45) is 0. The molecule has 0 saturated heterocycles. The van der Waals surface area contributed by atoms with Crippen molar-refractivity contribution in [3.05, 3.63) is 66.4 Å². The van der Waals surface area contributed by atoms with Crippen molar-refractivity contribution in [1.82, 2.24) is 9.97 Å². The molecule has 0 spiro atoms. The van der Waals surface area contributed by atoms with Crippen molar-refractivity contribution in [1.29, 1.82) is 0 Å². The van der Waals surface area contributed by atoms with Gasteiger partial charge in [-0.25, -0.2) is 12.8 Å². The maximum atomic E-state index is 14.3. The molecule has 0 saturated carbocycles. The highest BCUT2D eigenvalue weighted by Gasteiger charge is 2.21. The molecule has 0 bridgehead atoms. The molecule has 7 nitrogen and oxygen atoms in total. The van der Waals surface area contributed by atoms with Crippen molar-refractivity contribution in [2.45, 2.75) is 18.7 Å². The van der Waals surface area contributed by atoms with E-state index in [-0.39, 0.29) is 16.7 Å². The smallest absolute Gasteiger partial charge is 0.314 e. The van der Waals surface area contributed by atoms with Crippen LogP contribution in [0.5, 0.6) is 0 Å². The number of H-pyrrole nitrogens is 2. The molecule has 0 atom stereocenters. The summed E-state index contributed by atoms with van der Waals surface area (Å²) in [4.78, 5) is 26.5.